The second-order valence-corrected chi connectivity index (χ2v) is 7.66. The highest BCUT2D eigenvalue weighted by Gasteiger charge is 2.22. The molecule has 0 aliphatic heterocycles. The minimum absolute atomic E-state index is 0.175. The molecule has 2 aromatic rings. The predicted molar refractivity (Wildman–Crippen MR) is 115 cm³/mol. The number of methoxy groups -OCH3 is 1. The molecular formula is C24H29NO5. The summed E-state index contributed by atoms with van der Waals surface area (Å²) in [6, 6.07) is 18.6. The van der Waals surface area contributed by atoms with Crippen molar-refractivity contribution >= 4 is 12.1 Å². The van der Waals surface area contributed by atoms with Gasteiger partial charge in [0.2, 0.25) is 0 Å². The van der Waals surface area contributed by atoms with Crippen LogP contribution in [0.15, 0.2) is 72.8 Å². The summed E-state index contributed by atoms with van der Waals surface area (Å²) in [4.78, 5) is 23.9. The Morgan fingerprint density at radius 3 is 2.07 bits per heavy atom. The highest BCUT2D eigenvalue weighted by Crippen LogP contribution is 2.23. The molecular weight excluding hydrogens is 382 g/mol. The van der Waals surface area contributed by atoms with Gasteiger partial charge in [0, 0.05) is 6.08 Å². The first-order valence-electron chi connectivity index (χ1n) is 9.75. The van der Waals surface area contributed by atoms with E-state index in [0.29, 0.717) is 0 Å². The summed E-state index contributed by atoms with van der Waals surface area (Å²) in [5, 5.41) is 2.87. The Kier molecular flexibility index (Phi) is 8.62. The van der Waals surface area contributed by atoms with Crippen molar-refractivity contribution in [1.82, 2.24) is 5.32 Å². The Morgan fingerprint density at radius 1 is 0.967 bits per heavy atom. The van der Waals surface area contributed by atoms with Gasteiger partial charge < -0.3 is 19.5 Å². The average molecular weight is 411 g/mol. The van der Waals surface area contributed by atoms with Crippen molar-refractivity contribution in [3.05, 3.63) is 83.9 Å². The van der Waals surface area contributed by atoms with E-state index in [4.69, 9.17) is 9.47 Å². The number of carbonyl (C=O) groups is 2. The molecule has 0 spiro atoms. The van der Waals surface area contributed by atoms with Gasteiger partial charge in [0.25, 0.3) is 0 Å². The van der Waals surface area contributed by atoms with Crippen LogP contribution in [-0.4, -0.2) is 31.4 Å². The zero-order chi connectivity index (χ0) is 22.0. The van der Waals surface area contributed by atoms with E-state index in [2.05, 4.69) is 10.1 Å². The molecule has 1 N–H and O–H groups in total. The zero-order valence-corrected chi connectivity index (χ0v) is 17.8. The molecule has 0 radical (unpaired) electrons. The molecule has 160 valence electrons. The standard InChI is InChI=1S/C24H29NO5/c1-24(2,3)30-23(27)25-20(18-11-7-5-8-12-18)17-29-21(15-16-22(26)28-4)19-13-9-6-10-14-19/h5-16,20-21H,17H2,1-4H3,(H,25,27)/b16-15+/t20-,21+/m0/s1. The summed E-state index contributed by atoms with van der Waals surface area (Å²) in [6.45, 7) is 5.60. The van der Waals surface area contributed by atoms with Gasteiger partial charge in [-0.2, -0.15) is 0 Å². The van der Waals surface area contributed by atoms with Crippen LogP contribution in [0.25, 0.3) is 0 Å². The van der Waals surface area contributed by atoms with Gasteiger partial charge in [0.05, 0.1) is 19.8 Å². The molecule has 6 heteroatoms. The second-order valence-electron chi connectivity index (χ2n) is 7.66. The maximum Gasteiger partial charge on any atom is 0.408 e. The minimum atomic E-state index is -0.609. The Hall–Kier alpha value is -3.12. The Morgan fingerprint density at radius 2 is 1.53 bits per heavy atom. The van der Waals surface area contributed by atoms with E-state index in [1.54, 1.807) is 6.08 Å². The molecule has 30 heavy (non-hydrogen) atoms. The Balaban J connectivity index is 2.18. The third-order valence-corrected chi connectivity index (χ3v) is 4.07. The number of amides is 1. The lowest BCUT2D eigenvalue weighted by Gasteiger charge is -2.25. The van der Waals surface area contributed by atoms with Gasteiger partial charge in [-0.05, 0) is 38.0 Å². The number of alkyl carbamates (subject to hydrolysis) is 1. The molecule has 0 aliphatic carbocycles. The smallest absolute Gasteiger partial charge is 0.408 e. The van der Waals surface area contributed by atoms with Crippen molar-refractivity contribution in [3.8, 4) is 0 Å². The van der Waals surface area contributed by atoms with Gasteiger partial charge >= 0.3 is 12.1 Å². The Labute approximate surface area is 177 Å². The van der Waals surface area contributed by atoms with E-state index in [-0.39, 0.29) is 6.61 Å². The third kappa shape index (κ3) is 8.09. The lowest BCUT2D eigenvalue weighted by atomic mass is 10.1. The number of hydrogen-bond acceptors (Lipinski definition) is 5. The average Bonchev–Trinajstić information content (AvgIpc) is 2.72. The second kappa shape index (κ2) is 11.2. The largest absolute Gasteiger partial charge is 0.466 e. The van der Waals surface area contributed by atoms with Crippen molar-refractivity contribution in [3.63, 3.8) is 0 Å². The fourth-order valence-electron chi connectivity index (χ4n) is 2.70. The molecule has 2 atom stereocenters. The fraction of sp³-hybridized carbons (Fsp3) is 0.333. The summed E-state index contributed by atoms with van der Waals surface area (Å²) in [7, 11) is 1.32. The number of carbonyl (C=O) groups excluding carboxylic acids is 2. The Bertz CT molecular complexity index is 828. The zero-order valence-electron chi connectivity index (χ0n) is 17.8. The van der Waals surface area contributed by atoms with Crippen molar-refractivity contribution < 1.29 is 23.8 Å². The molecule has 2 aromatic carbocycles. The normalized spacial score (nSPS) is 13.5. The molecule has 0 fully saturated rings. The first-order valence-corrected chi connectivity index (χ1v) is 9.75. The molecule has 2 rings (SSSR count). The van der Waals surface area contributed by atoms with Gasteiger partial charge in [-0.1, -0.05) is 60.7 Å². The molecule has 0 bridgehead atoms. The maximum absolute atomic E-state index is 12.3. The van der Waals surface area contributed by atoms with E-state index in [1.165, 1.54) is 13.2 Å². The first kappa shape index (κ1) is 23.2. The monoisotopic (exact) mass is 411 g/mol. The van der Waals surface area contributed by atoms with Gasteiger partial charge in [0.15, 0.2) is 0 Å². The van der Waals surface area contributed by atoms with E-state index in [9.17, 15) is 9.59 Å². The summed E-state index contributed by atoms with van der Waals surface area (Å²) in [5.41, 5.74) is 1.15. The van der Waals surface area contributed by atoms with Crippen LogP contribution in [0.5, 0.6) is 0 Å². The van der Waals surface area contributed by atoms with Crippen LogP contribution in [0.3, 0.4) is 0 Å². The van der Waals surface area contributed by atoms with Crippen LogP contribution in [0.4, 0.5) is 4.79 Å². The highest BCUT2D eigenvalue weighted by molar-refractivity contribution is 5.81. The number of esters is 1. The van der Waals surface area contributed by atoms with Gasteiger partial charge in [-0.25, -0.2) is 9.59 Å². The lowest BCUT2D eigenvalue weighted by Crippen LogP contribution is -2.36. The molecule has 6 nitrogen and oxygen atoms in total. The lowest BCUT2D eigenvalue weighted by molar-refractivity contribution is -0.134. The summed E-state index contributed by atoms with van der Waals surface area (Å²) >= 11 is 0. The third-order valence-electron chi connectivity index (χ3n) is 4.07. The maximum atomic E-state index is 12.3. The van der Waals surface area contributed by atoms with Crippen LogP contribution in [0.2, 0.25) is 0 Å². The van der Waals surface area contributed by atoms with Gasteiger partial charge in [0.1, 0.15) is 11.7 Å². The quantitative estimate of drug-likeness (QED) is 0.502. The van der Waals surface area contributed by atoms with Crippen molar-refractivity contribution in [2.24, 2.45) is 0 Å². The van der Waals surface area contributed by atoms with E-state index in [0.717, 1.165) is 11.1 Å². The van der Waals surface area contributed by atoms with Gasteiger partial charge in [-0.3, -0.25) is 0 Å². The molecule has 0 aromatic heterocycles. The van der Waals surface area contributed by atoms with Crippen LogP contribution in [-0.2, 0) is 19.0 Å². The van der Waals surface area contributed by atoms with Crippen molar-refractivity contribution in [1.29, 1.82) is 0 Å². The number of benzene rings is 2. The van der Waals surface area contributed by atoms with Crippen LogP contribution >= 0.6 is 0 Å². The van der Waals surface area contributed by atoms with Gasteiger partial charge in [-0.15, -0.1) is 0 Å². The summed E-state index contributed by atoms with van der Waals surface area (Å²) in [6.07, 6.45) is 1.95. The highest BCUT2D eigenvalue weighted by atomic mass is 16.6. The number of ether oxygens (including phenoxy) is 3. The molecule has 0 aliphatic rings. The molecule has 0 heterocycles. The number of nitrogens with one attached hydrogen (secondary N) is 1. The van der Waals surface area contributed by atoms with Crippen LogP contribution < -0.4 is 5.32 Å². The summed E-state index contributed by atoms with van der Waals surface area (Å²) < 4.78 is 16.2. The molecule has 0 saturated heterocycles. The van der Waals surface area contributed by atoms with Crippen molar-refractivity contribution in [2.45, 2.75) is 38.5 Å². The van der Waals surface area contributed by atoms with E-state index in [1.807, 2.05) is 81.4 Å². The molecule has 0 unspecified atom stereocenters. The first-order chi connectivity index (χ1) is 14.3. The van der Waals surface area contributed by atoms with Crippen molar-refractivity contribution in [2.75, 3.05) is 13.7 Å². The SMILES string of the molecule is COC(=O)/C=C/[C@@H](OC[C@H](NC(=O)OC(C)(C)C)c1ccccc1)c1ccccc1. The fourth-order valence-corrected chi connectivity index (χ4v) is 2.70. The van der Waals surface area contributed by atoms with Crippen LogP contribution in [0.1, 0.15) is 44.0 Å². The minimum Gasteiger partial charge on any atom is -0.466 e. The van der Waals surface area contributed by atoms with E-state index < -0.39 is 29.8 Å². The topological polar surface area (TPSA) is 73.9 Å². The predicted octanol–water partition coefficient (Wildman–Crippen LogP) is 4.74. The number of hydrogen-bond donors (Lipinski definition) is 1. The van der Waals surface area contributed by atoms with E-state index >= 15 is 0 Å². The molecule has 0 saturated carbocycles. The number of rotatable bonds is 8. The summed E-state index contributed by atoms with van der Waals surface area (Å²) in [5.74, 6) is -0.467. The van der Waals surface area contributed by atoms with Crippen LogP contribution in [0, 0.1) is 0 Å². The molecule has 1 amide bonds.